The van der Waals surface area contributed by atoms with E-state index in [1.807, 2.05) is 23.1 Å². The lowest BCUT2D eigenvalue weighted by molar-refractivity contribution is -0.126. The van der Waals surface area contributed by atoms with Crippen molar-refractivity contribution in [3.05, 3.63) is 41.5 Å². The number of hydrogen-bond acceptors (Lipinski definition) is 3. The van der Waals surface area contributed by atoms with E-state index in [1.54, 1.807) is 18.2 Å². The molecule has 1 aromatic carbocycles. The minimum Gasteiger partial charge on any atom is -0.337 e. The van der Waals surface area contributed by atoms with Crippen molar-refractivity contribution < 1.29 is 4.79 Å². The van der Waals surface area contributed by atoms with Crippen LogP contribution >= 0.6 is 0 Å². The van der Waals surface area contributed by atoms with E-state index in [4.69, 9.17) is 5.26 Å². The average molecular weight is 241 g/mol. The number of hydrogen-bond donors (Lipinski definition) is 1. The van der Waals surface area contributed by atoms with Gasteiger partial charge >= 0.3 is 0 Å². The topological polar surface area (TPSA) is 56.1 Å². The van der Waals surface area contributed by atoms with E-state index in [9.17, 15) is 4.79 Å². The van der Waals surface area contributed by atoms with Crippen molar-refractivity contribution >= 4 is 12.0 Å². The van der Waals surface area contributed by atoms with Crippen LogP contribution in [-0.4, -0.2) is 37.0 Å². The Kier molecular flexibility index (Phi) is 4.11. The number of nitrogens with one attached hydrogen (secondary N) is 1. The number of carbonyl (C=O) groups excluding carboxylic acids is 1. The summed E-state index contributed by atoms with van der Waals surface area (Å²) < 4.78 is 0. The lowest BCUT2D eigenvalue weighted by Crippen LogP contribution is -2.45. The summed E-state index contributed by atoms with van der Waals surface area (Å²) >= 11 is 0. The molecule has 18 heavy (non-hydrogen) atoms. The molecule has 0 unspecified atom stereocenters. The van der Waals surface area contributed by atoms with Gasteiger partial charge in [0.25, 0.3) is 0 Å². The summed E-state index contributed by atoms with van der Waals surface area (Å²) in [5, 5.41) is 12.1. The minimum atomic E-state index is 0.00393. The number of benzene rings is 1. The molecule has 1 aromatic rings. The second kappa shape index (κ2) is 5.99. The third kappa shape index (κ3) is 2.96. The van der Waals surface area contributed by atoms with Gasteiger partial charge in [-0.2, -0.15) is 5.26 Å². The van der Waals surface area contributed by atoms with Gasteiger partial charge < -0.3 is 10.2 Å². The fraction of sp³-hybridized carbons (Fsp3) is 0.286. The highest BCUT2D eigenvalue weighted by Gasteiger charge is 2.13. The molecule has 0 radical (unpaired) electrons. The van der Waals surface area contributed by atoms with Crippen molar-refractivity contribution in [3.8, 4) is 6.07 Å². The predicted octanol–water partition coefficient (Wildman–Crippen LogP) is 1.00. The van der Waals surface area contributed by atoms with Crippen molar-refractivity contribution in [2.75, 3.05) is 26.2 Å². The largest absolute Gasteiger partial charge is 0.337 e. The maximum Gasteiger partial charge on any atom is 0.246 e. The van der Waals surface area contributed by atoms with Gasteiger partial charge in [0.15, 0.2) is 0 Å². The van der Waals surface area contributed by atoms with E-state index < -0.39 is 0 Å². The van der Waals surface area contributed by atoms with Crippen molar-refractivity contribution in [2.45, 2.75) is 0 Å². The molecule has 92 valence electrons. The first-order valence-corrected chi connectivity index (χ1v) is 5.98. The number of nitrogens with zero attached hydrogens (tertiary/aromatic N) is 2. The van der Waals surface area contributed by atoms with E-state index >= 15 is 0 Å². The molecule has 0 saturated carbocycles. The summed E-state index contributed by atoms with van der Waals surface area (Å²) in [5.41, 5.74) is 1.37. The molecule has 1 aliphatic rings. The Bertz CT molecular complexity index is 496. The summed E-state index contributed by atoms with van der Waals surface area (Å²) in [6.45, 7) is 3.16. The van der Waals surface area contributed by atoms with Crippen molar-refractivity contribution in [3.63, 3.8) is 0 Å². The summed E-state index contributed by atoms with van der Waals surface area (Å²) in [4.78, 5) is 13.7. The number of amides is 1. The monoisotopic (exact) mass is 241 g/mol. The Morgan fingerprint density at radius 2 is 2.06 bits per heavy atom. The Morgan fingerprint density at radius 3 is 2.78 bits per heavy atom. The van der Waals surface area contributed by atoms with Crippen LogP contribution in [0.4, 0.5) is 0 Å². The van der Waals surface area contributed by atoms with Crippen LogP contribution in [0, 0.1) is 11.3 Å². The zero-order chi connectivity index (χ0) is 12.8. The van der Waals surface area contributed by atoms with Crippen LogP contribution in [0.5, 0.6) is 0 Å². The van der Waals surface area contributed by atoms with Gasteiger partial charge in [-0.15, -0.1) is 0 Å². The van der Waals surface area contributed by atoms with Gasteiger partial charge in [0.1, 0.15) is 0 Å². The predicted molar refractivity (Wildman–Crippen MR) is 69.6 cm³/mol. The van der Waals surface area contributed by atoms with Crippen LogP contribution in [-0.2, 0) is 4.79 Å². The van der Waals surface area contributed by atoms with Crippen LogP contribution in [0.1, 0.15) is 11.1 Å². The summed E-state index contributed by atoms with van der Waals surface area (Å²) in [6, 6.07) is 9.36. The second-order valence-electron chi connectivity index (χ2n) is 4.11. The highest BCUT2D eigenvalue weighted by molar-refractivity contribution is 5.92. The molecule has 0 aliphatic carbocycles. The van der Waals surface area contributed by atoms with Gasteiger partial charge in [0.2, 0.25) is 5.91 Å². The fourth-order valence-electron chi connectivity index (χ4n) is 1.90. The Labute approximate surface area is 107 Å². The SMILES string of the molecule is N#Cc1ccccc1/C=C/C(=O)N1CCNCC1. The maximum absolute atomic E-state index is 11.9. The highest BCUT2D eigenvalue weighted by Crippen LogP contribution is 2.09. The molecule has 1 aliphatic heterocycles. The Balaban J connectivity index is 2.06. The molecule has 0 aromatic heterocycles. The molecule has 0 bridgehead atoms. The zero-order valence-electron chi connectivity index (χ0n) is 10.1. The van der Waals surface area contributed by atoms with Crippen LogP contribution in [0.3, 0.4) is 0 Å². The van der Waals surface area contributed by atoms with Gasteiger partial charge in [-0.05, 0) is 17.7 Å². The average Bonchev–Trinajstić information content (AvgIpc) is 2.46. The van der Waals surface area contributed by atoms with Crippen LogP contribution in [0.25, 0.3) is 6.08 Å². The smallest absolute Gasteiger partial charge is 0.246 e. The van der Waals surface area contributed by atoms with Crippen LogP contribution in [0.2, 0.25) is 0 Å². The first kappa shape index (κ1) is 12.3. The number of nitriles is 1. The quantitative estimate of drug-likeness (QED) is 0.786. The van der Waals surface area contributed by atoms with Crippen molar-refractivity contribution in [1.29, 1.82) is 5.26 Å². The molecular formula is C14H15N3O. The van der Waals surface area contributed by atoms with Crippen molar-refractivity contribution in [1.82, 2.24) is 10.2 Å². The molecule has 1 N–H and O–H groups in total. The lowest BCUT2D eigenvalue weighted by Gasteiger charge is -2.26. The zero-order valence-corrected chi connectivity index (χ0v) is 10.1. The molecule has 1 saturated heterocycles. The van der Waals surface area contributed by atoms with Crippen molar-refractivity contribution in [2.24, 2.45) is 0 Å². The summed E-state index contributed by atoms with van der Waals surface area (Å²) in [5.74, 6) is 0.00393. The molecule has 1 heterocycles. The normalized spacial score (nSPS) is 15.6. The fourth-order valence-corrected chi connectivity index (χ4v) is 1.90. The standard InChI is InChI=1S/C14H15N3O/c15-11-13-4-2-1-3-12(13)5-6-14(18)17-9-7-16-8-10-17/h1-6,16H,7-10H2/b6-5+. The molecule has 4 nitrogen and oxygen atoms in total. The maximum atomic E-state index is 11.9. The Hall–Kier alpha value is -2.12. The molecular weight excluding hydrogens is 226 g/mol. The molecule has 0 atom stereocenters. The highest BCUT2D eigenvalue weighted by atomic mass is 16.2. The van der Waals surface area contributed by atoms with Gasteiger partial charge in [0, 0.05) is 32.3 Å². The third-order valence-corrected chi connectivity index (χ3v) is 2.92. The summed E-state index contributed by atoms with van der Waals surface area (Å²) in [7, 11) is 0. The van der Waals surface area contributed by atoms with Gasteiger partial charge in [-0.3, -0.25) is 4.79 Å². The van der Waals surface area contributed by atoms with E-state index in [2.05, 4.69) is 11.4 Å². The molecule has 1 fully saturated rings. The number of carbonyl (C=O) groups is 1. The van der Waals surface area contributed by atoms with E-state index in [1.165, 1.54) is 0 Å². The first-order chi connectivity index (χ1) is 8.81. The van der Waals surface area contributed by atoms with E-state index in [0.29, 0.717) is 5.56 Å². The summed E-state index contributed by atoms with van der Waals surface area (Å²) in [6.07, 6.45) is 3.25. The number of rotatable bonds is 2. The molecule has 2 rings (SSSR count). The second-order valence-corrected chi connectivity index (χ2v) is 4.11. The van der Waals surface area contributed by atoms with Gasteiger partial charge in [-0.25, -0.2) is 0 Å². The first-order valence-electron chi connectivity index (χ1n) is 5.98. The van der Waals surface area contributed by atoms with Gasteiger partial charge in [-0.1, -0.05) is 18.2 Å². The molecule has 4 heteroatoms. The lowest BCUT2D eigenvalue weighted by atomic mass is 10.1. The van der Waals surface area contributed by atoms with Crippen LogP contribution < -0.4 is 5.32 Å². The number of piperazine rings is 1. The molecule has 1 amide bonds. The third-order valence-electron chi connectivity index (χ3n) is 2.92. The van der Waals surface area contributed by atoms with E-state index in [-0.39, 0.29) is 5.91 Å². The minimum absolute atomic E-state index is 0.00393. The van der Waals surface area contributed by atoms with E-state index in [0.717, 1.165) is 31.7 Å². The Morgan fingerprint density at radius 1 is 1.33 bits per heavy atom. The van der Waals surface area contributed by atoms with Gasteiger partial charge in [0.05, 0.1) is 11.6 Å². The molecule has 0 spiro atoms. The van der Waals surface area contributed by atoms with Crippen LogP contribution in [0.15, 0.2) is 30.3 Å².